The van der Waals surface area contributed by atoms with Crippen LogP contribution in [0.2, 0.25) is 5.02 Å². The molecular weight excluding hydrogens is 487 g/mol. The van der Waals surface area contributed by atoms with Gasteiger partial charge in [0.05, 0.1) is 28.2 Å². The molecule has 0 bridgehead atoms. The highest BCUT2D eigenvalue weighted by atomic mass is 79.9. The molecular formula is C19H18BrClF3N5O. The molecule has 30 heavy (non-hydrogen) atoms. The molecule has 11 heteroatoms. The van der Waals surface area contributed by atoms with Crippen molar-refractivity contribution in [1.29, 1.82) is 0 Å². The van der Waals surface area contributed by atoms with E-state index in [0.29, 0.717) is 53.0 Å². The van der Waals surface area contributed by atoms with E-state index in [1.807, 2.05) is 16.7 Å². The molecule has 1 saturated heterocycles. The zero-order valence-electron chi connectivity index (χ0n) is 15.8. The van der Waals surface area contributed by atoms with Crippen LogP contribution >= 0.6 is 27.5 Å². The number of imidazole rings is 1. The Morgan fingerprint density at radius 3 is 2.70 bits per heavy atom. The second kappa shape index (κ2) is 7.90. The van der Waals surface area contributed by atoms with Crippen LogP contribution in [-0.4, -0.2) is 45.7 Å². The fourth-order valence-corrected chi connectivity index (χ4v) is 4.49. The van der Waals surface area contributed by atoms with Gasteiger partial charge < -0.3 is 19.9 Å². The highest BCUT2D eigenvalue weighted by Crippen LogP contribution is 2.37. The molecule has 1 fully saturated rings. The molecule has 1 atom stereocenters. The second-order valence-electron chi connectivity index (χ2n) is 7.20. The van der Waals surface area contributed by atoms with Gasteiger partial charge >= 0.3 is 6.18 Å². The van der Waals surface area contributed by atoms with Crippen LogP contribution in [0.25, 0.3) is 11.0 Å². The second-order valence-corrected chi connectivity index (χ2v) is 8.46. The van der Waals surface area contributed by atoms with Gasteiger partial charge in [-0.3, -0.25) is 0 Å². The summed E-state index contributed by atoms with van der Waals surface area (Å²) in [6.07, 6.45) is -2.86. The number of H-pyrrole nitrogens is 1. The van der Waals surface area contributed by atoms with E-state index in [1.54, 1.807) is 12.3 Å². The Bertz CT molecular complexity index is 1090. The van der Waals surface area contributed by atoms with Gasteiger partial charge in [0.1, 0.15) is 5.82 Å². The number of anilines is 2. The zero-order chi connectivity index (χ0) is 21.6. The smallest absolute Gasteiger partial charge is 0.392 e. The van der Waals surface area contributed by atoms with Gasteiger partial charge in [-0.05, 0) is 30.7 Å². The number of aromatic nitrogens is 3. The van der Waals surface area contributed by atoms with E-state index in [4.69, 9.17) is 11.6 Å². The molecule has 6 nitrogen and oxygen atoms in total. The molecule has 2 aromatic heterocycles. The molecule has 0 amide bonds. The quantitative estimate of drug-likeness (QED) is 0.546. The van der Waals surface area contributed by atoms with Crippen LogP contribution in [0.1, 0.15) is 18.1 Å². The van der Waals surface area contributed by atoms with Crippen LogP contribution in [-0.2, 0) is 12.8 Å². The van der Waals surface area contributed by atoms with Gasteiger partial charge in [0.25, 0.3) is 0 Å². The minimum Gasteiger partial charge on any atom is -0.392 e. The Kier molecular flexibility index (Phi) is 5.58. The van der Waals surface area contributed by atoms with Crippen LogP contribution in [0.5, 0.6) is 0 Å². The van der Waals surface area contributed by atoms with Crippen molar-refractivity contribution in [3.63, 3.8) is 0 Å². The van der Waals surface area contributed by atoms with E-state index in [9.17, 15) is 18.3 Å². The van der Waals surface area contributed by atoms with Gasteiger partial charge in [-0.1, -0.05) is 27.5 Å². The number of fused-ring (bicyclic) bond motifs is 1. The first-order valence-electron chi connectivity index (χ1n) is 9.20. The largest absolute Gasteiger partial charge is 0.417 e. The fraction of sp³-hybridized carbons (Fsp3) is 0.368. The number of hydrogen-bond donors (Lipinski definition) is 2. The summed E-state index contributed by atoms with van der Waals surface area (Å²) in [6.45, 7) is 3.69. The van der Waals surface area contributed by atoms with Crippen LogP contribution in [0.4, 0.5) is 24.9 Å². The summed E-state index contributed by atoms with van der Waals surface area (Å²) in [4.78, 5) is 15.9. The molecule has 2 N–H and O–H groups in total. The van der Waals surface area contributed by atoms with Gasteiger partial charge in [0.2, 0.25) is 5.95 Å². The van der Waals surface area contributed by atoms with Crippen molar-refractivity contribution in [2.75, 3.05) is 29.4 Å². The number of pyridine rings is 1. The first-order valence-corrected chi connectivity index (χ1v) is 10.4. The molecule has 1 aliphatic rings. The van der Waals surface area contributed by atoms with Crippen molar-refractivity contribution in [3.8, 4) is 0 Å². The normalized spacial score (nSPS) is 17.8. The van der Waals surface area contributed by atoms with Gasteiger partial charge in [-0.25, -0.2) is 9.97 Å². The summed E-state index contributed by atoms with van der Waals surface area (Å²) in [5.41, 5.74) is 0.695. The van der Waals surface area contributed by atoms with E-state index >= 15 is 0 Å². The fourth-order valence-electron chi connectivity index (χ4n) is 3.63. The molecule has 160 valence electrons. The lowest BCUT2D eigenvalue weighted by Crippen LogP contribution is -2.52. The Hall–Kier alpha value is -2.04. The molecule has 0 radical (unpaired) electrons. The summed E-state index contributed by atoms with van der Waals surface area (Å²) < 4.78 is 39.5. The van der Waals surface area contributed by atoms with Crippen LogP contribution < -0.4 is 9.80 Å². The predicted molar refractivity (Wildman–Crippen MR) is 113 cm³/mol. The van der Waals surface area contributed by atoms with Gasteiger partial charge in [0, 0.05) is 36.3 Å². The number of aliphatic hydroxyl groups excluding tert-OH is 1. The molecule has 0 aliphatic carbocycles. The van der Waals surface area contributed by atoms with Crippen molar-refractivity contribution in [3.05, 3.63) is 45.0 Å². The van der Waals surface area contributed by atoms with E-state index in [-0.39, 0.29) is 17.1 Å². The third-order valence-electron chi connectivity index (χ3n) is 5.12. The number of rotatable bonds is 3. The van der Waals surface area contributed by atoms with E-state index in [2.05, 4.69) is 30.9 Å². The summed E-state index contributed by atoms with van der Waals surface area (Å²) in [5, 5.41) is 9.68. The summed E-state index contributed by atoms with van der Waals surface area (Å²) >= 11 is 9.31. The number of aromatic amines is 1. The maximum Gasteiger partial charge on any atom is 0.417 e. The van der Waals surface area contributed by atoms with Crippen molar-refractivity contribution in [2.24, 2.45) is 0 Å². The first kappa shape index (κ1) is 21.2. The van der Waals surface area contributed by atoms with Gasteiger partial charge in [-0.15, -0.1) is 0 Å². The standard InChI is InChI=1S/C19H18BrClF3N5O/c1-10-8-28(17-14(21)4-11(9-30)7-25-17)2-3-29(10)18-26-15-5-12(19(22,23)24)13(20)6-16(15)27-18/h4-7,10,30H,2-3,8-9H2,1H3,(H,26,27)/t10-/m1/s1. The molecule has 1 aromatic carbocycles. The number of nitrogens with zero attached hydrogens (tertiary/aromatic N) is 4. The number of hydrogen-bond acceptors (Lipinski definition) is 5. The molecule has 0 unspecified atom stereocenters. The molecule has 3 aromatic rings. The highest BCUT2D eigenvalue weighted by molar-refractivity contribution is 9.10. The molecule has 3 heterocycles. The van der Waals surface area contributed by atoms with Crippen molar-refractivity contribution < 1.29 is 18.3 Å². The van der Waals surface area contributed by atoms with Gasteiger partial charge in [-0.2, -0.15) is 13.2 Å². The third-order valence-corrected chi connectivity index (χ3v) is 6.06. The number of aliphatic hydroxyl groups is 1. The third kappa shape index (κ3) is 3.95. The first-order chi connectivity index (χ1) is 14.2. The van der Waals surface area contributed by atoms with Crippen LogP contribution in [0.15, 0.2) is 28.9 Å². The zero-order valence-corrected chi connectivity index (χ0v) is 18.2. The minimum atomic E-state index is -4.45. The molecule has 1 aliphatic heterocycles. The molecule has 0 saturated carbocycles. The number of alkyl halides is 3. The monoisotopic (exact) mass is 503 g/mol. The highest BCUT2D eigenvalue weighted by Gasteiger charge is 2.34. The maximum atomic E-state index is 13.2. The lowest BCUT2D eigenvalue weighted by molar-refractivity contribution is -0.138. The maximum absolute atomic E-state index is 13.2. The lowest BCUT2D eigenvalue weighted by atomic mass is 10.2. The van der Waals surface area contributed by atoms with Crippen molar-refractivity contribution >= 4 is 50.3 Å². The van der Waals surface area contributed by atoms with E-state index < -0.39 is 11.7 Å². The Morgan fingerprint density at radius 2 is 2.07 bits per heavy atom. The Balaban J connectivity index is 1.57. The molecule has 4 rings (SSSR count). The predicted octanol–water partition coefficient (Wildman–Crippen LogP) is 4.60. The van der Waals surface area contributed by atoms with Crippen molar-refractivity contribution in [2.45, 2.75) is 25.7 Å². The Labute approximate surface area is 183 Å². The number of benzene rings is 1. The SMILES string of the molecule is C[C@@H]1CN(c2ncc(CO)cc2Cl)CCN1c1nc2cc(Br)c(C(F)(F)F)cc2[nH]1. The minimum absolute atomic E-state index is 0.0141. The average Bonchev–Trinajstić information content (AvgIpc) is 3.08. The number of nitrogens with one attached hydrogen (secondary N) is 1. The summed E-state index contributed by atoms with van der Waals surface area (Å²) in [5.74, 6) is 1.17. The lowest BCUT2D eigenvalue weighted by Gasteiger charge is -2.40. The number of piperazine rings is 1. The number of halogens is 5. The van der Waals surface area contributed by atoms with E-state index in [1.165, 1.54) is 6.07 Å². The van der Waals surface area contributed by atoms with Gasteiger partial charge in [0.15, 0.2) is 0 Å². The van der Waals surface area contributed by atoms with Crippen molar-refractivity contribution in [1.82, 2.24) is 15.0 Å². The average molecular weight is 505 g/mol. The molecule has 0 spiro atoms. The van der Waals surface area contributed by atoms with Crippen LogP contribution in [0, 0.1) is 0 Å². The summed E-state index contributed by atoms with van der Waals surface area (Å²) in [6, 6.07) is 4.16. The topological polar surface area (TPSA) is 68.3 Å². The van der Waals surface area contributed by atoms with Crippen LogP contribution in [0.3, 0.4) is 0 Å². The van der Waals surface area contributed by atoms with E-state index in [0.717, 1.165) is 6.07 Å². The Morgan fingerprint density at radius 1 is 1.30 bits per heavy atom. The summed E-state index contributed by atoms with van der Waals surface area (Å²) in [7, 11) is 0.